The molecule has 2 heterocycles. The monoisotopic (exact) mass is 399 g/mol. The number of anilines is 1. The lowest BCUT2D eigenvalue weighted by atomic mass is 10.1. The molecule has 1 aromatic heterocycles. The highest BCUT2D eigenvalue weighted by Gasteiger charge is 2.18. The van der Waals surface area contributed by atoms with E-state index < -0.39 is 9.93 Å². The lowest BCUT2D eigenvalue weighted by Crippen LogP contribution is -2.47. The Labute approximate surface area is 163 Å². The largest absolute Gasteiger partial charge is 0.372 e. The van der Waals surface area contributed by atoms with Crippen molar-refractivity contribution < 1.29 is 14.3 Å². The molecule has 146 valence electrons. The van der Waals surface area contributed by atoms with E-state index >= 15 is 0 Å². The second-order valence-electron chi connectivity index (χ2n) is 6.74. The van der Waals surface area contributed by atoms with E-state index in [1.165, 1.54) is 0 Å². The predicted octanol–water partition coefficient (Wildman–Crippen LogP) is 2.06. The maximum absolute atomic E-state index is 11.9. The molecule has 8 heteroatoms. The van der Waals surface area contributed by atoms with Crippen molar-refractivity contribution in [1.82, 2.24) is 9.88 Å². The molecule has 2 rings (SSSR count). The van der Waals surface area contributed by atoms with Crippen LogP contribution in [0.25, 0.3) is 0 Å². The van der Waals surface area contributed by atoms with Crippen LogP contribution in [0.15, 0.2) is 18.3 Å². The van der Waals surface area contributed by atoms with E-state index in [1.807, 2.05) is 32.2 Å². The van der Waals surface area contributed by atoms with Crippen LogP contribution in [-0.2, 0) is 9.53 Å². The third-order valence-corrected chi connectivity index (χ3v) is 5.82. The zero-order valence-corrected chi connectivity index (χ0v) is 17.5. The molecule has 1 atom stereocenters. The molecule has 1 aromatic rings. The van der Waals surface area contributed by atoms with Crippen LogP contribution < -0.4 is 4.90 Å². The average Bonchev–Trinajstić information content (AvgIpc) is 2.65. The molecule has 0 amide bonds. The molecule has 1 aliphatic rings. The van der Waals surface area contributed by atoms with Crippen molar-refractivity contribution in [2.24, 2.45) is 5.92 Å². The molecule has 0 spiro atoms. The van der Waals surface area contributed by atoms with Crippen molar-refractivity contribution >= 4 is 38.3 Å². The summed E-state index contributed by atoms with van der Waals surface area (Å²) >= 11 is 4.24. The average molecular weight is 400 g/mol. The molecule has 0 aromatic carbocycles. The first kappa shape index (κ1) is 21.2. The predicted molar refractivity (Wildman–Crippen MR) is 112 cm³/mol. The van der Waals surface area contributed by atoms with Gasteiger partial charge in [-0.1, -0.05) is 13.8 Å². The number of ether oxygens (including phenoxy) is 1. The van der Waals surface area contributed by atoms with Crippen molar-refractivity contribution in [2.75, 3.05) is 57.1 Å². The first-order valence-corrected chi connectivity index (χ1v) is 11.8. The minimum atomic E-state index is -0.921. The van der Waals surface area contributed by atoms with Crippen molar-refractivity contribution in [2.45, 2.75) is 13.8 Å². The van der Waals surface area contributed by atoms with Crippen LogP contribution in [0.2, 0.25) is 0 Å². The second kappa shape index (κ2) is 10.3. The molecule has 1 unspecified atom stereocenters. The number of hydrogen-bond donors (Lipinski definition) is 2. The first-order chi connectivity index (χ1) is 12.4. The van der Waals surface area contributed by atoms with E-state index in [0.29, 0.717) is 12.2 Å². The van der Waals surface area contributed by atoms with Crippen LogP contribution in [0.1, 0.15) is 24.2 Å². The van der Waals surface area contributed by atoms with Crippen molar-refractivity contribution in [1.29, 1.82) is 0 Å². The van der Waals surface area contributed by atoms with Crippen LogP contribution in [0.5, 0.6) is 0 Å². The third-order valence-electron chi connectivity index (χ3n) is 4.43. The highest BCUT2D eigenvalue weighted by molar-refractivity contribution is 8.84. The number of ketones is 1. The Hall–Kier alpha value is -1.09. The summed E-state index contributed by atoms with van der Waals surface area (Å²) < 4.78 is 5.47. The summed E-state index contributed by atoms with van der Waals surface area (Å²) in [4.78, 5) is 32.5. The Kier molecular flexibility index (Phi) is 8.40. The summed E-state index contributed by atoms with van der Waals surface area (Å²) in [6.45, 7) is 9.04. The number of Topliss-reactive ketones (excluding diaryl/α,β-unsaturated/α-hetero) is 1. The standard InChI is InChI=1S/C18H29N3O3S2/c1-14(2)16(22)13-24-11-10-20-6-8-21(9-7-20)17-5-4-15(12-19-17)18(23)26(3)25/h4-5,12,14,25-26H,6-11,13H2,1-3H3. The summed E-state index contributed by atoms with van der Waals surface area (Å²) in [5.41, 5.74) is 0.629. The van der Waals surface area contributed by atoms with Gasteiger partial charge in [-0.2, -0.15) is 0 Å². The van der Waals surface area contributed by atoms with E-state index in [2.05, 4.69) is 26.4 Å². The molecule has 1 aliphatic heterocycles. The van der Waals surface area contributed by atoms with Crippen LogP contribution in [0, 0.1) is 5.92 Å². The van der Waals surface area contributed by atoms with Gasteiger partial charge in [-0.15, -0.1) is 21.6 Å². The van der Waals surface area contributed by atoms with Gasteiger partial charge in [0.1, 0.15) is 12.4 Å². The van der Waals surface area contributed by atoms with E-state index in [0.717, 1.165) is 38.5 Å². The van der Waals surface area contributed by atoms with Gasteiger partial charge in [-0.25, -0.2) is 4.98 Å². The summed E-state index contributed by atoms with van der Waals surface area (Å²) in [5, 5.41) is 0.0585. The summed E-state index contributed by atoms with van der Waals surface area (Å²) in [7, 11) is -0.921. The Morgan fingerprint density at radius 1 is 1.27 bits per heavy atom. The molecule has 0 bridgehead atoms. The second-order valence-corrected chi connectivity index (χ2v) is 9.99. The minimum Gasteiger partial charge on any atom is -0.372 e. The van der Waals surface area contributed by atoms with Crippen molar-refractivity contribution in [3.8, 4) is 0 Å². The van der Waals surface area contributed by atoms with Crippen LogP contribution in [0.3, 0.4) is 0 Å². The molecule has 26 heavy (non-hydrogen) atoms. The summed E-state index contributed by atoms with van der Waals surface area (Å²) in [6.07, 6.45) is 3.48. The van der Waals surface area contributed by atoms with E-state index in [1.54, 1.807) is 6.20 Å². The number of rotatable bonds is 8. The fraction of sp³-hybridized carbons (Fsp3) is 0.611. The van der Waals surface area contributed by atoms with Gasteiger partial charge >= 0.3 is 0 Å². The van der Waals surface area contributed by atoms with Crippen molar-refractivity contribution in [3.63, 3.8) is 0 Å². The molecule has 0 N–H and O–H groups in total. The number of piperazine rings is 1. The number of pyridine rings is 1. The van der Waals surface area contributed by atoms with E-state index in [-0.39, 0.29) is 23.4 Å². The Morgan fingerprint density at radius 2 is 1.96 bits per heavy atom. The van der Waals surface area contributed by atoms with E-state index in [4.69, 9.17) is 4.74 Å². The molecule has 6 nitrogen and oxygen atoms in total. The smallest absolute Gasteiger partial charge is 0.209 e. The summed E-state index contributed by atoms with van der Waals surface area (Å²) in [6, 6.07) is 3.75. The summed E-state index contributed by atoms with van der Waals surface area (Å²) in [5.74, 6) is 1.08. The molecule has 0 saturated carbocycles. The van der Waals surface area contributed by atoms with Crippen LogP contribution in [0.4, 0.5) is 5.82 Å². The van der Waals surface area contributed by atoms with Gasteiger partial charge in [0.25, 0.3) is 0 Å². The molecular formula is C18H29N3O3S2. The first-order valence-electron chi connectivity index (χ1n) is 8.89. The van der Waals surface area contributed by atoms with Gasteiger partial charge in [-0.3, -0.25) is 14.5 Å². The van der Waals surface area contributed by atoms with Gasteiger partial charge in [-0.05, 0) is 18.4 Å². The highest BCUT2D eigenvalue weighted by Crippen LogP contribution is 2.30. The van der Waals surface area contributed by atoms with Gasteiger partial charge in [0.15, 0.2) is 5.78 Å². The zero-order chi connectivity index (χ0) is 19.1. The van der Waals surface area contributed by atoms with Gasteiger partial charge in [0.2, 0.25) is 5.12 Å². The molecule has 0 aliphatic carbocycles. The van der Waals surface area contributed by atoms with Gasteiger partial charge < -0.3 is 9.64 Å². The van der Waals surface area contributed by atoms with Gasteiger partial charge in [0, 0.05) is 50.4 Å². The van der Waals surface area contributed by atoms with Crippen molar-refractivity contribution in [3.05, 3.63) is 23.9 Å². The highest BCUT2D eigenvalue weighted by atomic mass is 33.1. The number of carbonyl (C=O) groups excluding carboxylic acids is 2. The number of carbonyl (C=O) groups is 2. The lowest BCUT2D eigenvalue weighted by Gasteiger charge is -2.35. The number of aromatic nitrogens is 1. The fourth-order valence-corrected chi connectivity index (χ4v) is 3.47. The third kappa shape index (κ3) is 6.26. The maximum Gasteiger partial charge on any atom is 0.209 e. The topological polar surface area (TPSA) is 62.7 Å². The zero-order valence-electron chi connectivity index (χ0n) is 15.7. The Bertz CT molecular complexity index is 600. The van der Waals surface area contributed by atoms with E-state index in [9.17, 15) is 9.59 Å². The van der Waals surface area contributed by atoms with Crippen LogP contribution in [-0.4, -0.2) is 73.0 Å². The Morgan fingerprint density at radius 3 is 2.50 bits per heavy atom. The number of hydrogen-bond acceptors (Lipinski definition) is 7. The maximum atomic E-state index is 11.9. The fourth-order valence-electron chi connectivity index (χ4n) is 2.62. The molecule has 0 radical (unpaired) electrons. The number of thiol groups is 2. The molecule has 1 saturated heterocycles. The Balaban J connectivity index is 1.73. The number of nitrogens with zero attached hydrogens (tertiary/aromatic N) is 3. The minimum absolute atomic E-state index is 0.0322. The molecule has 1 fully saturated rings. The molecular weight excluding hydrogens is 370 g/mol. The SMILES string of the molecule is CC(C)C(=O)COCCN1CCN(c2ccc(C(=O)[SH](C)S)cn2)CC1. The van der Waals surface area contributed by atoms with Gasteiger partial charge in [0.05, 0.1) is 6.61 Å². The normalized spacial score (nSPS) is 17.4. The lowest BCUT2D eigenvalue weighted by molar-refractivity contribution is -0.126. The quantitative estimate of drug-likeness (QED) is 0.396. The van der Waals surface area contributed by atoms with Crippen LogP contribution >= 0.6 is 21.6 Å².